The molecule has 0 spiro atoms. The molecule has 8 heteroatoms. The number of benzene rings is 2. The summed E-state index contributed by atoms with van der Waals surface area (Å²) in [6.45, 7) is 0. The molecular weight excluding hydrogens is 416 g/mol. The Morgan fingerprint density at radius 2 is 0.700 bits per heavy atom. The van der Waals surface area contributed by atoms with E-state index in [2.05, 4.69) is 48.5 Å². The molecule has 0 nitrogen and oxygen atoms in total. The van der Waals surface area contributed by atoms with E-state index in [-0.39, 0.29) is 24.0 Å². The molecule has 0 aliphatic carbocycles. The molecule has 0 saturated heterocycles. The predicted molar refractivity (Wildman–Crippen MR) is 65.4 cm³/mol. The van der Waals surface area contributed by atoms with Crippen LogP contribution in [0.2, 0.25) is 0 Å². The average molecular weight is 426 g/mol. The minimum absolute atomic E-state index is 0. The van der Waals surface area contributed by atoms with Crippen LogP contribution in [-0.2, 0) is 0 Å². The first-order chi connectivity index (χ1) is 8.42. The number of rotatable bonds is 1. The second kappa shape index (κ2) is 5.89. The first kappa shape index (κ1) is 19.2. The average Bonchev–Trinajstić information content (AvgIpc) is 2.27. The van der Waals surface area contributed by atoms with Crippen LogP contribution in [0.5, 0.6) is 0 Å². The van der Waals surface area contributed by atoms with Gasteiger partial charge in [-0.05, 0) is 11.1 Å². The van der Waals surface area contributed by atoms with Crippen molar-refractivity contribution in [1.82, 2.24) is 0 Å². The molecule has 0 heterocycles. The number of hydrogen-bond acceptors (Lipinski definition) is 0. The molecule has 2 aromatic rings. The van der Waals surface area contributed by atoms with Crippen molar-refractivity contribution < 1.29 is 49.2 Å². The molecule has 0 atom stereocenters. The van der Waals surface area contributed by atoms with Crippen LogP contribution in [0.3, 0.4) is 0 Å². The Hall–Kier alpha value is -0.820. The van der Waals surface area contributed by atoms with E-state index < -0.39 is 7.81 Å². The molecule has 0 radical (unpaired) electrons. The Morgan fingerprint density at radius 1 is 0.500 bits per heavy atom. The van der Waals surface area contributed by atoms with Crippen molar-refractivity contribution in [2.24, 2.45) is 0 Å². The van der Waals surface area contributed by atoms with Crippen LogP contribution in [-0.4, -0.2) is 0 Å². The monoisotopic (exact) mass is 426 g/mol. The molecule has 114 valence electrons. The molecule has 2 aromatic carbocycles. The van der Waals surface area contributed by atoms with Gasteiger partial charge in [0.25, 0.3) is 0 Å². The van der Waals surface area contributed by atoms with E-state index in [1.54, 1.807) is 0 Å². The third kappa shape index (κ3) is 12.2. The molecule has 0 aliphatic heterocycles. The largest absolute Gasteiger partial charge is 1.00 e. The van der Waals surface area contributed by atoms with Crippen LogP contribution in [0, 0.1) is 0 Å². The fraction of sp³-hybridized carbons (Fsp3) is 0. The third-order valence-electron chi connectivity index (χ3n) is 1.88. The standard InChI is InChI=1S/C12H10.F6P.HI/c1-3-7-11(8-4-1)12-9-5-2-6-10-12;1-7(2,3,4,5)6;/h1-10H;;1H/q;-1;/p-1. The Bertz CT molecular complexity index is 475. The van der Waals surface area contributed by atoms with Gasteiger partial charge >= 0.3 is 33.0 Å². The fourth-order valence-electron chi connectivity index (χ4n) is 1.26. The summed E-state index contributed by atoms with van der Waals surface area (Å²) in [6, 6.07) is 20.8. The smallest absolute Gasteiger partial charge is 0.0184 e. The molecule has 0 aromatic heterocycles. The molecular formula is C12H10F6IP-2. The van der Waals surface area contributed by atoms with E-state index in [1.807, 2.05) is 12.1 Å². The first-order valence-corrected chi connectivity index (χ1v) is 7.11. The normalized spacial score (nSPS) is 13.9. The van der Waals surface area contributed by atoms with E-state index >= 15 is 0 Å². The zero-order chi connectivity index (χ0) is 14.6. The van der Waals surface area contributed by atoms with Gasteiger partial charge < -0.3 is 24.0 Å². The predicted octanol–water partition coefficient (Wildman–Crippen LogP) is 3.74. The first-order valence-electron chi connectivity index (χ1n) is 5.09. The van der Waals surface area contributed by atoms with Crippen LogP contribution in [0.4, 0.5) is 25.2 Å². The van der Waals surface area contributed by atoms with Crippen molar-refractivity contribution in [3.63, 3.8) is 0 Å². The summed E-state index contributed by atoms with van der Waals surface area (Å²) in [6.07, 6.45) is 0. The zero-order valence-corrected chi connectivity index (χ0v) is 12.9. The third-order valence-corrected chi connectivity index (χ3v) is 1.88. The van der Waals surface area contributed by atoms with E-state index in [0.29, 0.717) is 0 Å². The van der Waals surface area contributed by atoms with Gasteiger partial charge in [0.1, 0.15) is 0 Å². The van der Waals surface area contributed by atoms with Crippen molar-refractivity contribution in [3.8, 4) is 11.1 Å². The van der Waals surface area contributed by atoms with E-state index in [4.69, 9.17) is 0 Å². The maximum atomic E-state index is 9.87. The van der Waals surface area contributed by atoms with Crippen LogP contribution in [0.15, 0.2) is 60.7 Å². The van der Waals surface area contributed by atoms with Gasteiger partial charge in [0.15, 0.2) is 0 Å². The number of halogens is 7. The minimum atomic E-state index is -10.7. The van der Waals surface area contributed by atoms with Crippen molar-refractivity contribution in [3.05, 3.63) is 60.7 Å². The van der Waals surface area contributed by atoms with Gasteiger partial charge in [-0.15, -0.1) is 0 Å². The van der Waals surface area contributed by atoms with E-state index in [9.17, 15) is 25.2 Å². The second-order valence-electron chi connectivity index (χ2n) is 3.69. The Kier molecular flexibility index (Phi) is 5.65. The van der Waals surface area contributed by atoms with Gasteiger partial charge in [-0.1, -0.05) is 60.7 Å². The zero-order valence-electron chi connectivity index (χ0n) is 9.87. The summed E-state index contributed by atoms with van der Waals surface area (Å²) >= 11 is 0. The molecule has 0 bridgehead atoms. The fourth-order valence-corrected chi connectivity index (χ4v) is 1.26. The maximum Gasteiger partial charge on any atom is -0.0184 e. The SMILES string of the molecule is F[P-](F)(F)(F)(F)F.[I-].c1ccc(-c2ccccc2)cc1. The van der Waals surface area contributed by atoms with Gasteiger partial charge in [0, 0.05) is 0 Å². The number of hydrogen-bond donors (Lipinski definition) is 0. The second-order valence-corrected chi connectivity index (χ2v) is 5.61. The van der Waals surface area contributed by atoms with Crippen LogP contribution in [0.1, 0.15) is 0 Å². The van der Waals surface area contributed by atoms with Crippen molar-refractivity contribution in [1.29, 1.82) is 0 Å². The van der Waals surface area contributed by atoms with Crippen LogP contribution >= 0.6 is 7.81 Å². The van der Waals surface area contributed by atoms with E-state index in [0.717, 1.165) is 0 Å². The van der Waals surface area contributed by atoms with Crippen molar-refractivity contribution in [2.45, 2.75) is 0 Å². The summed E-state index contributed by atoms with van der Waals surface area (Å²) in [5.41, 5.74) is 2.55. The Balaban J connectivity index is 0.000000396. The van der Waals surface area contributed by atoms with Crippen LogP contribution < -0.4 is 24.0 Å². The maximum absolute atomic E-state index is 10.7. The van der Waals surface area contributed by atoms with Gasteiger partial charge in [-0.3, -0.25) is 0 Å². The summed E-state index contributed by atoms with van der Waals surface area (Å²) < 4.78 is 59.2. The van der Waals surface area contributed by atoms with Gasteiger partial charge in [0.2, 0.25) is 0 Å². The van der Waals surface area contributed by atoms with Crippen molar-refractivity contribution in [2.75, 3.05) is 0 Å². The Morgan fingerprint density at radius 3 is 0.900 bits per heavy atom. The molecule has 0 fully saturated rings. The molecule has 2 rings (SSSR count). The van der Waals surface area contributed by atoms with Crippen LogP contribution in [0.25, 0.3) is 11.1 Å². The van der Waals surface area contributed by atoms with Gasteiger partial charge in [0.05, 0.1) is 0 Å². The summed E-state index contributed by atoms with van der Waals surface area (Å²) in [5.74, 6) is 0. The molecule has 0 saturated carbocycles. The minimum Gasteiger partial charge on any atom is -1.00 e. The van der Waals surface area contributed by atoms with Gasteiger partial charge in [-0.2, -0.15) is 0 Å². The van der Waals surface area contributed by atoms with Crippen molar-refractivity contribution >= 4 is 7.81 Å². The molecule has 0 aliphatic rings. The summed E-state index contributed by atoms with van der Waals surface area (Å²) in [7, 11) is -10.7. The molecule has 0 N–H and O–H groups in total. The molecule has 20 heavy (non-hydrogen) atoms. The summed E-state index contributed by atoms with van der Waals surface area (Å²) in [4.78, 5) is 0. The Labute approximate surface area is 129 Å². The topological polar surface area (TPSA) is 0 Å². The molecule has 0 unspecified atom stereocenters. The summed E-state index contributed by atoms with van der Waals surface area (Å²) in [5, 5.41) is 0. The quantitative estimate of drug-likeness (QED) is 0.371. The van der Waals surface area contributed by atoms with E-state index in [1.165, 1.54) is 11.1 Å². The van der Waals surface area contributed by atoms with Gasteiger partial charge in [-0.25, -0.2) is 0 Å². The molecule has 0 amide bonds.